The Hall–Kier alpha value is -3.06. The maximum Gasteiger partial charge on any atom is 0.241 e. The number of aromatic nitrogens is 2. The number of halogens is 1. The summed E-state index contributed by atoms with van der Waals surface area (Å²) in [6, 6.07) is 12.2. The second kappa shape index (κ2) is 10.0. The average Bonchev–Trinajstić information content (AvgIpc) is 3.28. The summed E-state index contributed by atoms with van der Waals surface area (Å²) in [4.78, 5) is 19.7. The molecule has 1 N–H and O–H groups in total. The molecule has 1 saturated heterocycles. The maximum absolute atomic E-state index is 13.1. The van der Waals surface area contributed by atoms with Crippen LogP contribution >= 0.6 is 0 Å². The van der Waals surface area contributed by atoms with Gasteiger partial charge in [-0.15, -0.1) is 0 Å². The Labute approximate surface area is 187 Å². The predicted octanol–water partition coefficient (Wildman–Crippen LogP) is 4.85. The molecule has 168 valence electrons. The molecule has 1 aromatic heterocycles. The largest absolute Gasteiger partial charge is 0.338 e. The van der Waals surface area contributed by atoms with E-state index in [1.807, 2.05) is 0 Å². The fourth-order valence-electron chi connectivity index (χ4n) is 4.27. The van der Waals surface area contributed by atoms with Gasteiger partial charge in [-0.25, -0.2) is 4.39 Å². The predicted molar refractivity (Wildman–Crippen MR) is 122 cm³/mol. The molecule has 4 rings (SSSR count). The molecule has 7 heteroatoms. The topological polar surface area (TPSA) is 71.3 Å². The summed E-state index contributed by atoms with van der Waals surface area (Å²) in [6.45, 7) is 6.23. The normalized spacial score (nSPS) is 16.8. The third kappa shape index (κ3) is 5.05. The number of para-hydroxylation sites is 1. The van der Waals surface area contributed by atoms with Crippen LogP contribution in [0.5, 0.6) is 0 Å². The van der Waals surface area contributed by atoms with Gasteiger partial charge in [-0.1, -0.05) is 37.2 Å². The van der Waals surface area contributed by atoms with E-state index in [0.717, 1.165) is 37.9 Å². The van der Waals surface area contributed by atoms with Crippen molar-refractivity contribution in [3.63, 3.8) is 0 Å². The molecule has 0 radical (unpaired) electrons. The number of anilines is 1. The van der Waals surface area contributed by atoms with Gasteiger partial charge in [-0.2, -0.15) is 4.98 Å². The molecule has 0 bridgehead atoms. The van der Waals surface area contributed by atoms with Crippen LogP contribution in [0, 0.1) is 11.7 Å². The summed E-state index contributed by atoms with van der Waals surface area (Å²) >= 11 is 0. The van der Waals surface area contributed by atoms with Gasteiger partial charge in [0.15, 0.2) is 0 Å². The van der Waals surface area contributed by atoms with Crippen molar-refractivity contribution in [2.45, 2.75) is 46.1 Å². The summed E-state index contributed by atoms with van der Waals surface area (Å²) < 4.78 is 18.5. The van der Waals surface area contributed by atoms with E-state index in [4.69, 9.17) is 4.52 Å². The highest BCUT2D eigenvalue weighted by Crippen LogP contribution is 2.26. The number of carbonyl (C=O) groups is 1. The van der Waals surface area contributed by atoms with E-state index in [-0.39, 0.29) is 17.6 Å². The number of hydrogen-bond donors (Lipinski definition) is 1. The lowest BCUT2D eigenvalue weighted by Crippen LogP contribution is -2.40. The zero-order chi connectivity index (χ0) is 22.5. The zero-order valence-electron chi connectivity index (χ0n) is 18.6. The number of hydrogen-bond acceptors (Lipinski definition) is 5. The van der Waals surface area contributed by atoms with Crippen molar-refractivity contribution in [2.24, 2.45) is 5.92 Å². The molecule has 6 nitrogen and oxygen atoms in total. The summed E-state index contributed by atoms with van der Waals surface area (Å²) in [5.41, 5.74) is 4.02. The maximum atomic E-state index is 13.1. The van der Waals surface area contributed by atoms with Crippen molar-refractivity contribution in [1.29, 1.82) is 0 Å². The molecule has 32 heavy (non-hydrogen) atoms. The van der Waals surface area contributed by atoms with Gasteiger partial charge in [-0.3, -0.25) is 9.69 Å². The van der Waals surface area contributed by atoms with Gasteiger partial charge in [0.25, 0.3) is 0 Å². The smallest absolute Gasteiger partial charge is 0.241 e. The molecule has 0 saturated carbocycles. The number of benzene rings is 2. The minimum Gasteiger partial charge on any atom is -0.338 e. The minimum atomic E-state index is -0.303. The highest BCUT2D eigenvalue weighted by molar-refractivity contribution is 5.94. The van der Waals surface area contributed by atoms with Gasteiger partial charge in [0, 0.05) is 17.8 Å². The third-order valence-electron chi connectivity index (χ3n) is 6.05. The van der Waals surface area contributed by atoms with Crippen LogP contribution in [0.4, 0.5) is 10.1 Å². The first-order chi connectivity index (χ1) is 15.6. The third-order valence-corrected chi connectivity index (χ3v) is 6.05. The minimum absolute atomic E-state index is 0.0721. The Morgan fingerprint density at radius 2 is 1.88 bits per heavy atom. The monoisotopic (exact) mass is 436 g/mol. The zero-order valence-corrected chi connectivity index (χ0v) is 18.6. The number of carbonyl (C=O) groups excluding carboxylic acids is 1. The van der Waals surface area contributed by atoms with Crippen molar-refractivity contribution >= 4 is 11.6 Å². The molecule has 0 aliphatic carbocycles. The number of nitrogens with one attached hydrogen (secondary N) is 1. The van der Waals surface area contributed by atoms with Crippen LogP contribution < -0.4 is 5.32 Å². The molecule has 2 heterocycles. The van der Waals surface area contributed by atoms with Crippen LogP contribution in [0.1, 0.15) is 43.7 Å². The molecule has 1 unspecified atom stereocenters. The Morgan fingerprint density at radius 3 is 2.56 bits per heavy atom. The molecule has 2 aromatic carbocycles. The number of amides is 1. The van der Waals surface area contributed by atoms with Crippen LogP contribution in [0.25, 0.3) is 11.4 Å². The first-order valence-electron chi connectivity index (χ1n) is 11.3. The number of aryl methyl sites for hydroxylation is 2. The summed E-state index contributed by atoms with van der Waals surface area (Å²) in [5, 5.41) is 7.23. The van der Waals surface area contributed by atoms with Crippen LogP contribution in [-0.4, -0.2) is 34.0 Å². The van der Waals surface area contributed by atoms with E-state index in [0.29, 0.717) is 30.4 Å². The highest BCUT2D eigenvalue weighted by Gasteiger charge is 2.27. The van der Waals surface area contributed by atoms with E-state index in [1.165, 1.54) is 23.3 Å². The molecular formula is C25H29FN4O2. The molecular weight excluding hydrogens is 407 g/mol. The SMILES string of the molecule is CCc1cccc(CC)c1NC(=O)C1CCCN(Cc2nc(-c3ccc(F)cc3)no2)C1. The second-order valence-corrected chi connectivity index (χ2v) is 8.24. The van der Waals surface area contributed by atoms with Crippen molar-refractivity contribution in [1.82, 2.24) is 15.0 Å². The molecule has 1 atom stereocenters. The number of piperidine rings is 1. The molecule has 1 aliphatic heterocycles. The van der Waals surface area contributed by atoms with Gasteiger partial charge in [-0.05, 0) is 67.6 Å². The van der Waals surface area contributed by atoms with Crippen molar-refractivity contribution < 1.29 is 13.7 Å². The van der Waals surface area contributed by atoms with E-state index >= 15 is 0 Å². The molecule has 1 amide bonds. The highest BCUT2D eigenvalue weighted by atomic mass is 19.1. The van der Waals surface area contributed by atoms with Crippen LogP contribution in [0.2, 0.25) is 0 Å². The van der Waals surface area contributed by atoms with E-state index < -0.39 is 0 Å². The Kier molecular flexibility index (Phi) is 6.95. The first kappa shape index (κ1) is 22.1. The van der Waals surface area contributed by atoms with E-state index in [2.05, 4.69) is 52.4 Å². The quantitative estimate of drug-likeness (QED) is 0.573. The van der Waals surface area contributed by atoms with E-state index in [1.54, 1.807) is 12.1 Å². The van der Waals surface area contributed by atoms with Crippen LogP contribution in [-0.2, 0) is 24.2 Å². The average molecular weight is 437 g/mol. The first-order valence-corrected chi connectivity index (χ1v) is 11.3. The Morgan fingerprint density at radius 1 is 1.16 bits per heavy atom. The molecule has 0 spiro atoms. The fraction of sp³-hybridized carbons (Fsp3) is 0.400. The van der Waals surface area contributed by atoms with Gasteiger partial charge in [0.1, 0.15) is 5.82 Å². The standard InChI is InChI=1S/C25H29FN4O2/c1-3-17-7-5-8-18(4-2)23(17)28-25(31)20-9-6-14-30(15-20)16-22-27-24(29-32-22)19-10-12-21(26)13-11-19/h5,7-8,10-13,20H,3-4,6,9,14-16H2,1-2H3,(H,28,31). The van der Waals surface area contributed by atoms with Crippen LogP contribution in [0.15, 0.2) is 47.0 Å². The number of rotatable bonds is 7. The fourth-order valence-corrected chi connectivity index (χ4v) is 4.27. The van der Waals surface area contributed by atoms with Gasteiger partial charge >= 0.3 is 0 Å². The van der Waals surface area contributed by atoms with Crippen molar-refractivity contribution in [3.8, 4) is 11.4 Å². The Bertz CT molecular complexity index is 1040. The lowest BCUT2D eigenvalue weighted by atomic mass is 9.96. The summed E-state index contributed by atoms with van der Waals surface area (Å²) in [7, 11) is 0. The van der Waals surface area contributed by atoms with Crippen molar-refractivity contribution in [3.05, 3.63) is 65.3 Å². The van der Waals surface area contributed by atoms with Gasteiger partial charge < -0.3 is 9.84 Å². The van der Waals surface area contributed by atoms with Gasteiger partial charge in [0.2, 0.25) is 17.6 Å². The summed E-state index contributed by atoms with van der Waals surface area (Å²) in [5.74, 6) is 0.618. The van der Waals surface area contributed by atoms with E-state index in [9.17, 15) is 9.18 Å². The number of likely N-dealkylation sites (tertiary alicyclic amines) is 1. The lowest BCUT2D eigenvalue weighted by Gasteiger charge is -2.31. The lowest BCUT2D eigenvalue weighted by molar-refractivity contribution is -0.121. The molecule has 1 fully saturated rings. The van der Waals surface area contributed by atoms with Crippen LogP contribution in [0.3, 0.4) is 0 Å². The van der Waals surface area contributed by atoms with Gasteiger partial charge in [0.05, 0.1) is 12.5 Å². The number of nitrogens with zero attached hydrogens (tertiary/aromatic N) is 3. The summed E-state index contributed by atoms with van der Waals surface area (Å²) in [6.07, 6.45) is 3.57. The Balaban J connectivity index is 1.40. The molecule has 1 aliphatic rings. The van der Waals surface area contributed by atoms with Crippen molar-refractivity contribution in [2.75, 3.05) is 18.4 Å². The second-order valence-electron chi connectivity index (χ2n) is 8.24. The molecule has 3 aromatic rings.